The molecule has 0 saturated heterocycles. The highest BCUT2D eigenvalue weighted by Gasteiger charge is 2.33. The fourth-order valence-electron chi connectivity index (χ4n) is 3.65. The number of carboxylic acids is 1. The van der Waals surface area contributed by atoms with Crippen molar-refractivity contribution in [1.29, 1.82) is 0 Å². The molecule has 3 atom stereocenters. The van der Waals surface area contributed by atoms with Crippen molar-refractivity contribution >= 4 is 5.97 Å². The van der Waals surface area contributed by atoms with Crippen LogP contribution >= 0.6 is 0 Å². The number of rotatable bonds is 3. The maximum Gasteiger partial charge on any atom is 0.335 e. The highest BCUT2D eigenvalue weighted by atomic mass is 16.4. The Morgan fingerprint density at radius 1 is 1.35 bits per heavy atom. The van der Waals surface area contributed by atoms with Gasteiger partial charge in [0, 0.05) is 0 Å². The Bertz CT molecular complexity index is 493. The zero-order valence-electron chi connectivity index (χ0n) is 12.4. The van der Waals surface area contributed by atoms with Crippen LogP contribution in [0.4, 0.5) is 0 Å². The minimum Gasteiger partial charge on any atom is -0.872 e. The van der Waals surface area contributed by atoms with Gasteiger partial charge in [0.25, 0.3) is 0 Å². The number of carbonyl (C=O) groups is 1. The Labute approximate surface area is 120 Å². The lowest BCUT2D eigenvalue weighted by Gasteiger charge is -2.38. The van der Waals surface area contributed by atoms with Crippen molar-refractivity contribution in [2.24, 2.45) is 17.8 Å². The molecule has 1 N–H and O–H groups in total. The van der Waals surface area contributed by atoms with E-state index in [1.54, 1.807) is 6.07 Å². The molecule has 2 rings (SSSR count). The van der Waals surface area contributed by atoms with Gasteiger partial charge in [-0.05, 0) is 42.1 Å². The van der Waals surface area contributed by atoms with Gasteiger partial charge in [0.15, 0.2) is 0 Å². The molecule has 3 unspecified atom stereocenters. The fraction of sp³-hybridized carbons (Fsp3) is 0.588. The predicted molar refractivity (Wildman–Crippen MR) is 76.9 cm³/mol. The third-order valence-electron chi connectivity index (χ3n) is 4.69. The van der Waals surface area contributed by atoms with Crippen LogP contribution in [-0.2, 0) is 0 Å². The zero-order valence-corrected chi connectivity index (χ0v) is 12.4. The molecule has 1 aromatic carbocycles. The second-order valence-corrected chi connectivity index (χ2v) is 6.46. The van der Waals surface area contributed by atoms with Gasteiger partial charge in [-0.1, -0.05) is 51.1 Å². The van der Waals surface area contributed by atoms with Gasteiger partial charge in [-0.25, -0.2) is 4.79 Å². The highest BCUT2D eigenvalue weighted by molar-refractivity contribution is 5.92. The van der Waals surface area contributed by atoms with Crippen LogP contribution in [0.2, 0.25) is 0 Å². The van der Waals surface area contributed by atoms with Crippen molar-refractivity contribution in [3.05, 3.63) is 29.3 Å². The Morgan fingerprint density at radius 3 is 2.65 bits per heavy atom. The molecule has 0 amide bonds. The van der Waals surface area contributed by atoms with Crippen molar-refractivity contribution in [2.75, 3.05) is 0 Å². The maximum absolute atomic E-state index is 11.9. The number of carboxylic acid groups (broad SMARTS) is 1. The normalized spacial score (nSPS) is 26.7. The minimum atomic E-state index is -1.09. The summed E-state index contributed by atoms with van der Waals surface area (Å²) in [6.07, 6.45) is 3.29. The largest absolute Gasteiger partial charge is 0.872 e. The van der Waals surface area contributed by atoms with Gasteiger partial charge in [-0.15, -0.1) is 0 Å². The van der Waals surface area contributed by atoms with Crippen LogP contribution in [0.1, 0.15) is 61.9 Å². The molecule has 1 saturated carbocycles. The van der Waals surface area contributed by atoms with Gasteiger partial charge in [0.05, 0.1) is 5.56 Å². The van der Waals surface area contributed by atoms with Crippen LogP contribution in [0.25, 0.3) is 0 Å². The molecule has 1 aliphatic rings. The van der Waals surface area contributed by atoms with Crippen molar-refractivity contribution in [2.45, 2.75) is 46.0 Å². The van der Waals surface area contributed by atoms with Crippen molar-refractivity contribution in [1.82, 2.24) is 0 Å². The van der Waals surface area contributed by atoms with Crippen LogP contribution in [-0.4, -0.2) is 11.1 Å². The van der Waals surface area contributed by atoms with Crippen molar-refractivity contribution in [3.8, 4) is 5.75 Å². The fourth-order valence-corrected chi connectivity index (χ4v) is 3.65. The van der Waals surface area contributed by atoms with Crippen LogP contribution < -0.4 is 5.11 Å². The standard InChI is InChI=1S/C17H24O3/c1-10(2)12-8-7-11(3)9-14(12)13-5-4-6-15(18)16(13)17(19)20/h4-6,10-12,14,18H,7-9H2,1-3H3,(H,19,20)/p-1. The molecule has 1 aromatic rings. The van der Waals surface area contributed by atoms with E-state index in [2.05, 4.69) is 20.8 Å². The molecule has 0 aliphatic heterocycles. The number of hydrogen-bond donors (Lipinski definition) is 1. The van der Waals surface area contributed by atoms with E-state index in [0.717, 1.165) is 18.4 Å². The molecule has 0 heterocycles. The summed E-state index contributed by atoms with van der Waals surface area (Å²) in [6, 6.07) is 4.88. The Hall–Kier alpha value is -1.51. The second-order valence-electron chi connectivity index (χ2n) is 6.46. The Balaban J connectivity index is 2.46. The smallest absolute Gasteiger partial charge is 0.335 e. The summed E-state index contributed by atoms with van der Waals surface area (Å²) >= 11 is 0. The van der Waals surface area contributed by atoms with Gasteiger partial charge >= 0.3 is 5.97 Å². The van der Waals surface area contributed by atoms with Crippen LogP contribution in [0.15, 0.2) is 18.2 Å². The Kier molecular flexibility index (Phi) is 4.36. The second kappa shape index (κ2) is 5.86. The molecule has 0 spiro atoms. The third kappa shape index (κ3) is 2.82. The minimum absolute atomic E-state index is 0.0164. The van der Waals surface area contributed by atoms with Crippen LogP contribution in [0, 0.1) is 17.8 Å². The summed E-state index contributed by atoms with van der Waals surface area (Å²) in [4.78, 5) is 11.4. The van der Waals surface area contributed by atoms with Gasteiger partial charge < -0.3 is 10.2 Å². The molecule has 110 valence electrons. The van der Waals surface area contributed by atoms with E-state index in [1.807, 2.05) is 6.07 Å². The van der Waals surface area contributed by atoms with E-state index in [-0.39, 0.29) is 17.2 Å². The SMILES string of the molecule is CC1CCC(C(C)C)C(c2cccc([O-])c2C(=O)O)C1. The highest BCUT2D eigenvalue weighted by Crippen LogP contribution is 2.45. The summed E-state index contributed by atoms with van der Waals surface area (Å²) in [5, 5.41) is 21.3. The van der Waals surface area contributed by atoms with E-state index < -0.39 is 5.97 Å². The molecule has 1 fully saturated rings. The quantitative estimate of drug-likeness (QED) is 0.916. The molecular weight excluding hydrogens is 252 g/mol. The topological polar surface area (TPSA) is 60.4 Å². The summed E-state index contributed by atoms with van der Waals surface area (Å²) < 4.78 is 0. The van der Waals surface area contributed by atoms with E-state index in [4.69, 9.17) is 0 Å². The lowest BCUT2D eigenvalue weighted by Crippen LogP contribution is -2.27. The lowest BCUT2D eigenvalue weighted by molar-refractivity contribution is -0.268. The zero-order chi connectivity index (χ0) is 14.9. The first kappa shape index (κ1) is 14.9. The van der Waals surface area contributed by atoms with Gasteiger partial charge in [0.2, 0.25) is 0 Å². The van der Waals surface area contributed by atoms with Gasteiger partial charge in [-0.2, -0.15) is 0 Å². The number of aromatic carboxylic acids is 1. The van der Waals surface area contributed by atoms with Gasteiger partial charge in [-0.3, -0.25) is 0 Å². The molecule has 1 aliphatic carbocycles. The number of hydrogen-bond acceptors (Lipinski definition) is 2. The average molecular weight is 275 g/mol. The summed E-state index contributed by atoms with van der Waals surface area (Å²) in [5.74, 6) is 0.295. The Morgan fingerprint density at radius 2 is 2.05 bits per heavy atom. The number of benzene rings is 1. The first-order valence-electron chi connectivity index (χ1n) is 7.45. The molecule has 3 nitrogen and oxygen atoms in total. The average Bonchev–Trinajstić information content (AvgIpc) is 2.37. The molecule has 3 heteroatoms. The summed E-state index contributed by atoms with van der Waals surface area (Å²) in [6.45, 7) is 6.59. The molecule has 20 heavy (non-hydrogen) atoms. The lowest BCUT2D eigenvalue weighted by atomic mass is 9.67. The van der Waals surface area contributed by atoms with E-state index >= 15 is 0 Å². The van der Waals surface area contributed by atoms with Crippen LogP contribution in [0.3, 0.4) is 0 Å². The first-order valence-corrected chi connectivity index (χ1v) is 7.45. The molecule has 0 radical (unpaired) electrons. The predicted octanol–water partition coefficient (Wildman–Crippen LogP) is 3.63. The van der Waals surface area contributed by atoms with Crippen molar-refractivity contribution in [3.63, 3.8) is 0 Å². The maximum atomic E-state index is 11.9. The molecule has 0 aromatic heterocycles. The van der Waals surface area contributed by atoms with E-state index in [9.17, 15) is 15.0 Å². The molecule has 0 bridgehead atoms. The van der Waals surface area contributed by atoms with Crippen LogP contribution in [0.5, 0.6) is 5.75 Å². The third-order valence-corrected chi connectivity index (χ3v) is 4.69. The summed E-state index contributed by atoms with van der Waals surface area (Å²) in [5.41, 5.74) is 0.729. The van der Waals surface area contributed by atoms with E-state index in [0.29, 0.717) is 17.8 Å². The molecular formula is C17H23O3-. The first-order chi connectivity index (χ1) is 9.41. The van der Waals surface area contributed by atoms with Crippen molar-refractivity contribution < 1.29 is 15.0 Å². The van der Waals surface area contributed by atoms with E-state index in [1.165, 1.54) is 12.5 Å². The van der Waals surface area contributed by atoms with Gasteiger partial charge in [0.1, 0.15) is 0 Å². The summed E-state index contributed by atoms with van der Waals surface area (Å²) in [7, 11) is 0. The monoisotopic (exact) mass is 275 g/mol.